The Morgan fingerprint density at radius 2 is 2.17 bits per heavy atom. The van der Waals surface area contributed by atoms with E-state index in [-0.39, 0.29) is 11.2 Å². The van der Waals surface area contributed by atoms with Gasteiger partial charge in [-0.1, -0.05) is 0 Å². The molecular weight excluding hydrogens is 162 g/mol. The van der Waals surface area contributed by atoms with Gasteiger partial charge in [0.15, 0.2) is 0 Å². The Hall–Kier alpha value is -1.45. The van der Waals surface area contributed by atoms with Crippen LogP contribution in [-0.2, 0) is 0 Å². The quantitative estimate of drug-likeness (QED) is 0.404. The average molecular weight is 166 g/mol. The Morgan fingerprint density at radius 1 is 1.50 bits per heavy atom. The van der Waals surface area contributed by atoms with E-state index in [0.29, 0.717) is 0 Å². The Labute approximate surface area is 68.1 Å². The smallest absolute Gasteiger partial charge is 0.423 e. The van der Waals surface area contributed by atoms with Gasteiger partial charge in [0.2, 0.25) is 5.95 Å². The van der Waals surface area contributed by atoms with Crippen molar-refractivity contribution in [1.29, 1.82) is 5.26 Å². The fourth-order valence-corrected chi connectivity index (χ4v) is 0.723. The van der Waals surface area contributed by atoms with Crippen molar-refractivity contribution in [2.24, 2.45) is 0 Å². The molecule has 0 saturated carbocycles. The lowest BCUT2D eigenvalue weighted by Crippen LogP contribution is -2.30. The molecule has 0 amide bonds. The lowest BCUT2D eigenvalue weighted by atomic mass is 9.81. The van der Waals surface area contributed by atoms with Crippen molar-refractivity contribution in [2.75, 3.05) is 0 Å². The van der Waals surface area contributed by atoms with Crippen LogP contribution in [0.15, 0.2) is 12.1 Å². The van der Waals surface area contributed by atoms with Gasteiger partial charge < -0.3 is 10.0 Å². The molecule has 6 heteroatoms. The molecule has 12 heavy (non-hydrogen) atoms. The lowest BCUT2D eigenvalue weighted by Gasteiger charge is -1.98. The molecule has 0 atom stereocenters. The third-order valence-corrected chi connectivity index (χ3v) is 1.23. The van der Waals surface area contributed by atoms with Gasteiger partial charge in [-0.25, -0.2) is 4.98 Å². The molecule has 1 aromatic rings. The summed E-state index contributed by atoms with van der Waals surface area (Å²) in [5.74, 6) is -0.905. The molecule has 4 nitrogen and oxygen atoms in total. The summed E-state index contributed by atoms with van der Waals surface area (Å²) in [5.41, 5.74) is -0.267. The normalized spacial score (nSPS) is 9.17. The van der Waals surface area contributed by atoms with Gasteiger partial charge >= 0.3 is 7.12 Å². The van der Waals surface area contributed by atoms with Crippen molar-refractivity contribution in [3.05, 3.63) is 23.8 Å². The molecule has 0 unspecified atom stereocenters. The van der Waals surface area contributed by atoms with Crippen LogP contribution >= 0.6 is 0 Å². The summed E-state index contributed by atoms with van der Waals surface area (Å²) in [6.07, 6.45) is 0. The first kappa shape index (κ1) is 8.65. The van der Waals surface area contributed by atoms with Crippen LogP contribution < -0.4 is 5.46 Å². The summed E-state index contributed by atoms with van der Waals surface area (Å²) in [5, 5.41) is 25.6. The predicted molar refractivity (Wildman–Crippen MR) is 38.7 cm³/mol. The van der Waals surface area contributed by atoms with E-state index in [9.17, 15) is 4.39 Å². The number of pyridine rings is 1. The largest absolute Gasteiger partial charge is 0.488 e. The molecule has 1 rings (SSSR count). The molecule has 0 aliphatic rings. The highest BCUT2D eigenvalue weighted by molar-refractivity contribution is 6.58. The molecule has 0 saturated heterocycles. The second kappa shape index (κ2) is 3.30. The van der Waals surface area contributed by atoms with Crippen molar-refractivity contribution in [1.82, 2.24) is 4.98 Å². The van der Waals surface area contributed by atoms with E-state index in [1.807, 2.05) is 0 Å². The van der Waals surface area contributed by atoms with Gasteiger partial charge in [-0.15, -0.1) is 0 Å². The van der Waals surface area contributed by atoms with Crippen molar-refractivity contribution < 1.29 is 14.4 Å². The highest BCUT2D eigenvalue weighted by Gasteiger charge is 2.13. The molecule has 2 N–H and O–H groups in total. The van der Waals surface area contributed by atoms with Gasteiger partial charge in [0.05, 0.1) is 0 Å². The van der Waals surface area contributed by atoms with Crippen LogP contribution in [0.25, 0.3) is 0 Å². The van der Waals surface area contributed by atoms with Crippen molar-refractivity contribution >= 4 is 12.6 Å². The maximum Gasteiger partial charge on any atom is 0.488 e. The minimum atomic E-state index is -1.78. The Bertz CT molecular complexity index is 337. The molecule has 0 aromatic carbocycles. The summed E-state index contributed by atoms with van der Waals surface area (Å²) in [6, 6.07) is 3.55. The Morgan fingerprint density at radius 3 is 2.67 bits per heavy atom. The fraction of sp³-hybridized carbons (Fsp3) is 0. The highest BCUT2D eigenvalue weighted by atomic mass is 19.1. The van der Waals surface area contributed by atoms with Crippen LogP contribution in [0, 0.1) is 17.3 Å². The van der Waals surface area contributed by atoms with Gasteiger partial charge in [0.25, 0.3) is 0 Å². The van der Waals surface area contributed by atoms with Crippen LogP contribution in [0.4, 0.5) is 4.39 Å². The minimum absolute atomic E-state index is 0.0842. The molecule has 60 valence electrons. The van der Waals surface area contributed by atoms with Crippen LogP contribution in [-0.4, -0.2) is 22.2 Å². The van der Waals surface area contributed by atoms with E-state index in [4.69, 9.17) is 15.3 Å². The van der Waals surface area contributed by atoms with Gasteiger partial charge in [0, 0.05) is 0 Å². The van der Waals surface area contributed by atoms with Crippen molar-refractivity contribution in [3.63, 3.8) is 0 Å². The number of nitriles is 1. The van der Waals surface area contributed by atoms with E-state index in [2.05, 4.69) is 4.98 Å². The SMILES string of the molecule is N#Cc1cc(B(O)O)cc(F)n1. The zero-order chi connectivity index (χ0) is 9.14. The van der Waals surface area contributed by atoms with E-state index < -0.39 is 13.1 Å². The predicted octanol–water partition coefficient (Wildman–Crippen LogP) is -1.23. The summed E-state index contributed by atoms with van der Waals surface area (Å²) >= 11 is 0. The van der Waals surface area contributed by atoms with Crippen LogP contribution in [0.5, 0.6) is 0 Å². The first-order valence-corrected chi connectivity index (χ1v) is 3.07. The number of hydrogen-bond donors (Lipinski definition) is 2. The van der Waals surface area contributed by atoms with Crippen LogP contribution in [0.1, 0.15) is 5.69 Å². The third kappa shape index (κ3) is 1.78. The number of hydrogen-bond acceptors (Lipinski definition) is 4. The summed E-state index contributed by atoms with van der Waals surface area (Å²) < 4.78 is 12.5. The van der Waals surface area contributed by atoms with Crippen LogP contribution in [0.3, 0.4) is 0 Å². The third-order valence-electron chi connectivity index (χ3n) is 1.23. The van der Waals surface area contributed by atoms with Gasteiger partial charge in [-0.2, -0.15) is 9.65 Å². The number of rotatable bonds is 1. The van der Waals surface area contributed by atoms with Gasteiger partial charge in [0.1, 0.15) is 11.8 Å². The molecule has 0 radical (unpaired) electrons. The summed E-state index contributed by atoms with van der Waals surface area (Å²) in [4.78, 5) is 3.18. The zero-order valence-electron chi connectivity index (χ0n) is 5.90. The first-order valence-electron chi connectivity index (χ1n) is 3.07. The summed E-state index contributed by atoms with van der Waals surface area (Å²) in [7, 11) is -1.78. The number of nitrogens with zero attached hydrogens (tertiary/aromatic N) is 2. The molecule has 0 aliphatic heterocycles. The monoisotopic (exact) mass is 166 g/mol. The second-order valence-electron chi connectivity index (χ2n) is 2.09. The highest BCUT2D eigenvalue weighted by Crippen LogP contribution is 1.94. The zero-order valence-corrected chi connectivity index (χ0v) is 5.90. The molecule has 0 aliphatic carbocycles. The van der Waals surface area contributed by atoms with E-state index in [0.717, 1.165) is 12.1 Å². The molecule has 1 aromatic heterocycles. The number of halogens is 1. The fourth-order valence-electron chi connectivity index (χ4n) is 0.723. The minimum Gasteiger partial charge on any atom is -0.423 e. The average Bonchev–Trinajstić information content (AvgIpc) is 2.03. The molecule has 0 spiro atoms. The summed E-state index contributed by atoms with van der Waals surface area (Å²) in [6.45, 7) is 0. The number of aromatic nitrogens is 1. The Kier molecular flexibility index (Phi) is 2.38. The standard InChI is InChI=1S/C6H4BFN2O2/c8-6-2-4(7(11)12)1-5(3-9)10-6/h1-2,11-12H. The lowest BCUT2D eigenvalue weighted by molar-refractivity contribution is 0.425. The van der Waals surface area contributed by atoms with Crippen molar-refractivity contribution in [3.8, 4) is 6.07 Å². The Balaban J connectivity index is 3.17. The topological polar surface area (TPSA) is 77.1 Å². The molecular formula is C6H4BFN2O2. The first-order chi connectivity index (χ1) is 5.63. The molecule has 1 heterocycles. The molecule has 0 fully saturated rings. The van der Waals surface area contributed by atoms with Gasteiger partial charge in [-0.3, -0.25) is 0 Å². The van der Waals surface area contributed by atoms with E-state index in [1.165, 1.54) is 0 Å². The maximum absolute atomic E-state index is 12.5. The van der Waals surface area contributed by atoms with Crippen LogP contribution in [0.2, 0.25) is 0 Å². The maximum atomic E-state index is 12.5. The molecule has 0 bridgehead atoms. The van der Waals surface area contributed by atoms with E-state index in [1.54, 1.807) is 6.07 Å². The van der Waals surface area contributed by atoms with Crippen molar-refractivity contribution in [2.45, 2.75) is 0 Å². The van der Waals surface area contributed by atoms with Gasteiger partial charge in [-0.05, 0) is 17.6 Å². The second-order valence-corrected chi connectivity index (χ2v) is 2.09. The van der Waals surface area contributed by atoms with E-state index >= 15 is 0 Å².